The number of para-hydroxylation sites is 1. The Morgan fingerprint density at radius 3 is 2.40 bits per heavy atom. The van der Waals surface area contributed by atoms with Gasteiger partial charge in [-0.1, -0.05) is 68.4 Å². The van der Waals surface area contributed by atoms with E-state index >= 15 is 0 Å². The minimum Gasteiger partial charge on any atom is -0.439 e. The zero-order chi connectivity index (χ0) is 21.7. The standard InChI is InChI=1S/C24H27N3O3/c1-17-21(23(27(5)26-17)30-20-9-7-6-8-10-20)15-25-29-16-18-11-13-19(14-12-18)22(28)24(2,3)4/h6-15H,16H2,1-5H3/b25-15+. The summed E-state index contributed by atoms with van der Waals surface area (Å²) in [5, 5.41) is 8.49. The van der Waals surface area contributed by atoms with Gasteiger partial charge in [0.05, 0.1) is 17.5 Å². The van der Waals surface area contributed by atoms with Gasteiger partial charge in [-0.25, -0.2) is 4.68 Å². The number of aromatic nitrogens is 2. The topological polar surface area (TPSA) is 65.7 Å². The lowest BCUT2D eigenvalue weighted by Crippen LogP contribution is -2.20. The molecule has 0 atom stereocenters. The van der Waals surface area contributed by atoms with Crippen LogP contribution in [-0.2, 0) is 18.5 Å². The summed E-state index contributed by atoms with van der Waals surface area (Å²) in [5.41, 5.74) is 2.78. The normalized spacial score (nSPS) is 11.6. The maximum Gasteiger partial charge on any atom is 0.226 e. The van der Waals surface area contributed by atoms with Gasteiger partial charge in [0.15, 0.2) is 5.78 Å². The summed E-state index contributed by atoms with van der Waals surface area (Å²) in [7, 11) is 1.82. The number of rotatable bonds is 7. The van der Waals surface area contributed by atoms with Crippen LogP contribution in [0.25, 0.3) is 0 Å². The van der Waals surface area contributed by atoms with Gasteiger partial charge in [0, 0.05) is 18.0 Å². The van der Waals surface area contributed by atoms with Gasteiger partial charge >= 0.3 is 0 Å². The van der Waals surface area contributed by atoms with Crippen LogP contribution >= 0.6 is 0 Å². The monoisotopic (exact) mass is 405 g/mol. The van der Waals surface area contributed by atoms with Crippen molar-refractivity contribution in [1.29, 1.82) is 0 Å². The van der Waals surface area contributed by atoms with Crippen molar-refractivity contribution in [2.24, 2.45) is 17.6 Å². The van der Waals surface area contributed by atoms with E-state index in [1.165, 1.54) is 0 Å². The molecule has 0 N–H and O–H groups in total. The van der Waals surface area contributed by atoms with Crippen LogP contribution in [0.1, 0.15) is 48.0 Å². The Labute approximate surface area is 177 Å². The summed E-state index contributed by atoms with van der Waals surface area (Å²) in [4.78, 5) is 17.8. The van der Waals surface area contributed by atoms with E-state index in [2.05, 4.69) is 10.3 Å². The van der Waals surface area contributed by atoms with Crippen molar-refractivity contribution in [2.45, 2.75) is 34.3 Å². The third-order valence-corrected chi connectivity index (χ3v) is 4.56. The molecule has 1 aromatic heterocycles. The number of oxime groups is 1. The van der Waals surface area contributed by atoms with Crippen LogP contribution in [-0.4, -0.2) is 21.8 Å². The van der Waals surface area contributed by atoms with Gasteiger partial charge in [0.2, 0.25) is 5.88 Å². The summed E-state index contributed by atoms with van der Waals surface area (Å²) < 4.78 is 7.64. The van der Waals surface area contributed by atoms with Gasteiger partial charge < -0.3 is 9.57 Å². The molecule has 0 aliphatic rings. The largest absolute Gasteiger partial charge is 0.439 e. The van der Waals surface area contributed by atoms with Crippen molar-refractivity contribution in [2.75, 3.05) is 0 Å². The molecule has 0 spiro atoms. The molecular weight excluding hydrogens is 378 g/mol. The maximum absolute atomic E-state index is 12.3. The summed E-state index contributed by atoms with van der Waals surface area (Å²) in [6, 6.07) is 16.9. The average molecular weight is 405 g/mol. The Bertz CT molecular complexity index is 1030. The van der Waals surface area contributed by atoms with Crippen molar-refractivity contribution in [1.82, 2.24) is 9.78 Å². The SMILES string of the molecule is Cc1nn(C)c(Oc2ccccc2)c1/C=N/OCc1ccc(C(=O)C(C)(C)C)cc1. The van der Waals surface area contributed by atoms with Gasteiger partial charge in [0.25, 0.3) is 0 Å². The average Bonchev–Trinajstić information content (AvgIpc) is 2.98. The van der Waals surface area contributed by atoms with Crippen LogP contribution in [0, 0.1) is 12.3 Å². The Balaban J connectivity index is 1.64. The van der Waals surface area contributed by atoms with Crippen LogP contribution in [0.5, 0.6) is 11.6 Å². The van der Waals surface area contributed by atoms with E-state index in [4.69, 9.17) is 9.57 Å². The van der Waals surface area contributed by atoms with Crippen LogP contribution < -0.4 is 4.74 Å². The maximum atomic E-state index is 12.3. The number of carbonyl (C=O) groups is 1. The van der Waals surface area contributed by atoms with Crippen molar-refractivity contribution < 1.29 is 14.4 Å². The highest BCUT2D eigenvalue weighted by atomic mass is 16.6. The highest BCUT2D eigenvalue weighted by Crippen LogP contribution is 2.26. The first-order valence-electron chi connectivity index (χ1n) is 9.81. The number of ketones is 1. The minimum atomic E-state index is -0.399. The molecule has 0 unspecified atom stereocenters. The van der Waals surface area contributed by atoms with E-state index in [9.17, 15) is 4.79 Å². The Hall–Kier alpha value is -3.41. The number of nitrogens with zero attached hydrogens (tertiary/aromatic N) is 3. The van der Waals surface area contributed by atoms with E-state index in [1.807, 2.05) is 89.3 Å². The molecule has 3 rings (SSSR count). The fourth-order valence-corrected chi connectivity index (χ4v) is 2.91. The lowest BCUT2D eigenvalue weighted by Gasteiger charge is -2.16. The highest BCUT2D eigenvalue weighted by molar-refractivity contribution is 5.99. The molecule has 156 valence electrons. The zero-order valence-electron chi connectivity index (χ0n) is 18.0. The summed E-state index contributed by atoms with van der Waals surface area (Å²) in [5.74, 6) is 1.43. The predicted octanol–water partition coefficient (Wildman–Crippen LogP) is 5.30. The molecule has 6 heteroatoms. The Morgan fingerprint density at radius 2 is 1.77 bits per heavy atom. The second kappa shape index (κ2) is 8.95. The molecule has 30 heavy (non-hydrogen) atoms. The number of aryl methyl sites for hydroxylation is 2. The fraction of sp³-hybridized carbons (Fsp3) is 0.292. The molecule has 0 aliphatic heterocycles. The van der Waals surface area contributed by atoms with Crippen molar-refractivity contribution in [3.63, 3.8) is 0 Å². The molecule has 0 saturated heterocycles. The molecule has 0 saturated carbocycles. The third-order valence-electron chi connectivity index (χ3n) is 4.56. The van der Waals surface area contributed by atoms with Crippen LogP contribution in [0.4, 0.5) is 0 Å². The second-order valence-corrected chi connectivity index (χ2v) is 8.13. The molecule has 6 nitrogen and oxygen atoms in total. The number of hydrogen-bond acceptors (Lipinski definition) is 5. The fourth-order valence-electron chi connectivity index (χ4n) is 2.91. The molecule has 2 aromatic carbocycles. The van der Waals surface area contributed by atoms with Gasteiger partial charge in [-0.15, -0.1) is 0 Å². The predicted molar refractivity (Wildman–Crippen MR) is 117 cm³/mol. The number of Topliss-reactive ketones (excluding diaryl/α,β-unsaturated/α-hetero) is 1. The number of hydrogen-bond donors (Lipinski definition) is 0. The lowest BCUT2D eigenvalue weighted by atomic mass is 9.86. The Kier molecular flexibility index (Phi) is 6.35. The molecular formula is C24H27N3O3. The first kappa shape index (κ1) is 21.3. The third kappa shape index (κ3) is 5.14. The van der Waals surface area contributed by atoms with Crippen molar-refractivity contribution >= 4 is 12.0 Å². The van der Waals surface area contributed by atoms with Crippen molar-refractivity contribution in [3.8, 4) is 11.6 Å². The number of ether oxygens (including phenoxy) is 1. The molecule has 0 bridgehead atoms. The van der Waals surface area contributed by atoms with Gasteiger partial charge in [-0.05, 0) is 24.6 Å². The summed E-state index contributed by atoms with van der Waals surface area (Å²) in [6.07, 6.45) is 1.61. The first-order valence-corrected chi connectivity index (χ1v) is 9.81. The van der Waals surface area contributed by atoms with E-state index < -0.39 is 5.41 Å². The minimum absolute atomic E-state index is 0.117. The van der Waals surface area contributed by atoms with E-state index in [1.54, 1.807) is 10.9 Å². The van der Waals surface area contributed by atoms with E-state index in [-0.39, 0.29) is 5.78 Å². The molecule has 0 fully saturated rings. The second-order valence-electron chi connectivity index (χ2n) is 8.13. The summed E-state index contributed by atoms with van der Waals surface area (Å²) >= 11 is 0. The quantitative estimate of drug-likeness (QED) is 0.304. The van der Waals surface area contributed by atoms with Crippen molar-refractivity contribution in [3.05, 3.63) is 77.0 Å². The van der Waals surface area contributed by atoms with E-state index in [0.29, 0.717) is 18.1 Å². The summed E-state index contributed by atoms with van der Waals surface area (Å²) in [6.45, 7) is 7.94. The van der Waals surface area contributed by atoms with Crippen LogP contribution in [0.15, 0.2) is 59.8 Å². The Morgan fingerprint density at radius 1 is 1.10 bits per heavy atom. The van der Waals surface area contributed by atoms with Gasteiger partial charge in [-0.2, -0.15) is 5.10 Å². The molecule has 1 heterocycles. The zero-order valence-corrected chi connectivity index (χ0v) is 18.0. The number of benzene rings is 2. The van der Waals surface area contributed by atoms with Gasteiger partial charge in [0.1, 0.15) is 12.4 Å². The lowest BCUT2D eigenvalue weighted by molar-refractivity contribution is 0.0858. The molecule has 3 aromatic rings. The smallest absolute Gasteiger partial charge is 0.226 e. The van der Waals surface area contributed by atoms with Gasteiger partial charge in [-0.3, -0.25) is 4.79 Å². The number of carbonyl (C=O) groups excluding carboxylic acids is 1. The van der Waals surface area contributed by atoms with Crippen LogP contribution in [0.2, 0.25) is 0 Å². The molecule has 0 amide bonds. The molecule has 0 aliphatic carbocycles. The first-order chi connectivity index (χ1) is 14.3. The highest BCUT2D eigenvalue weighted by Gasteiger charge is 2.22. The van der Waals surface area contributed by atoms with E-state index in [0.717, 1.165) is 22.6 Å². The van der Waals surface area contributed by atoms with Crippen LogP contribution in [0.3, 0.4) is 0 Å². The molecule has 0 radical (unpaired) electrons.